The molecule has 0 saturated carbocycles. The lowest BCUT2D eigenvalue weighted by atomic mass is 10.1. The van der Waals surface area contributed by atoms with E-state index in [1.54, 1.807) is 32.3 Å². The highest BCUT2D eigenvalue weighted by atomic mass is 16.5. The molecule has 0 bridgehead atoms. The quantitative estimate of drug-likeness (QED) is 0.721. The monoisotopic (exact) mass is 216 g/mol. The summed E-state index contributed by atoms with van der Waals surface area (Å²) in [6.07, 6.45) is 3.36. The van der Waals surface area contributed by atoms with Crippen LogP contribution in [0.1, 0.15) is 23.0 Å². The highest BCUT2D eigenvalue weighted by molar-refractivity contribution is 5.94. The van der Waals surface area contributed by atoms with Crippen LogP contribution in [0.4, 0.5) is 0 Å². The molecule has 0 unspecified atom stereocenters. The van der Waals surface area contributed by atoms with Crippen molar-refractivity contribution in [2.75, 3.05) is 6.61 Å². The summed E-state index contributed by atoms with van der Waals surface area (Å²) in [5.41, 5.74) is 2.01. The summed E-state index contributed by atoms with van der Waals surface area (Å²) in [6.45, 7) is 3.94. The summed E-state index contributed by atoms with van der Waals surface area (Å²) in [5.74, 6) is -0.335. The van der Waals surface area contributed by atoms with Gasteiger partial charge in [0.2, 0.25) is 0 Å². The van der Waals surface area contributed by atoms with E-state index >= 15 is 0 Å². The predicted octanol–water partition coefficient (Wildman–Crippen LogP) is 2.11. The van der Waals surface area contributed by atoms with Crippen molar-refractivity contribution in [1.29, 1.82) is 0 Å². The van der Waals surface area contributed by atoms with Crippen LogP contribution in [0.3, 0.4) is 0 Å². The van der Waals surface area contributed by atoms with Gasteiger partial charge in [0.05, 0.1) is 23.4 Å². The van der Waals surface area contributed by atoms with Crippen molar-refractivity contribution >= 4 is 16.9 Å². The normalized spacial score (nSPS) is 10.4. The second-order valence-corrected chi connectivity index (χ2v) is 3.41. The summed E-state index contributed by atoms with van der Waals surface area (Å²) in [5, 5.41) is 0.844. The van der Waals surface area contributed by atoms with Crippen LogP contribution in [0.2, 0.25) is 0 Å². The van der Waals surface area contributed by atoms with Gasteiger partial charge >= 0.3 is 5.97 Å². The summed E-state index contributed by atoms with van der Waals surface area (Å²) in [6, 6.07) is 3.58. The van der Waals surface area contributed by atoms with Gasteiger partial charge in [-0.05, 0) is 26.0 Å². The molecule has 2 aromatic rings. The number of carbonyl (C=O) groups is 1. The zero-order chi connectivity index (χ0) is 11.5. The zero-order valence-corrected chi connectivity index (χ0v) is 9.23. The standard InChI is InChI=1S/C12H12N2O2/c1-3-16-12(15)10-6-9-7-13-5-4-11(9)14-8(10)2/h4-7H,3H2,1-2H3. The predicted molar refractivity (Wildman–Crippen MR) is 60.2 cm³/mol. The molecule has 0 aliphatic heterocycles. The van der Waals surface area contributed by atoms with E-state index in [0.29, 0.717) is 17.9 Å². The largest absolute Gasteiger partial charge is 0.462 e. The average molecular weight is 216 g/mol. The van der Waals surface area contributed by atoms with E-state index in [1.807, 2.05) is 6.07 Å². The van der Waals surface area contributed by atoms with Crippen molar-refractivity contribution < 1.29 is 9.53 Å². The molecule has 0 saturated heterocycles. The van der Waals surface area contributed by atoms with E-state index < -0.39 is 0 Å². The lowest BCUT2D eigenvalue weighted by molar-refractivity contribution is 0.0525. The Morgan fingerprint density at radius 3 is 3.06 bits per heavy atom. The van der Waals surface area contributed by atoms with E-state index in [0.717, 1.165) is 10.9 Å². The minimum Gasteiger partial charge on any atom is -0.462 e. The summed E-state index contributed by atoms with van der Waals surface area (Å²) >= 11 is 0. The fourth-order valence-corrected chi connectivity index (χ4v) is 1.53. The zero-order valence-electron chi connectivity index (χ0n) is 9.23. The van der Waals surface area contributed by atoms with E-state index in [2.05, 4.69) is 9.97 Å². The van der Waals surface area contributed by atoms with Crippen molar-refractivity contribution in [3.05, 3.63) is 35.8 Å². The molecule has 2 rings (SSSR count). The Labute approximate surface area is 93.3 Å². The first-order valence-electron chi connectivity index (χ1n) is 5.11. The molecule has 4 heteroatoms. The van der Waals surface area contributed by atoms with Gasteiger partial charge in [-0.15, -0.1) is 0 Å². The molecular weight excluding hydrogens is 204 g/mol. The molecule has 2 heterocycles. The van der Waals surface area contributed by atoms with E-state index in [9.17, 15) is 4.79 Å². The molecule has 0 spiro atoms. The van der Waals surface area contributed by atoms with Crippen LogP contribution in [0.15, 0.2) is 24.5 Å². The number of hydrogen-bond donors (Lipinski definition) is 0. The third kappa shape index (κ3) is 1.86. The number of ether oxygens (including phenoxy) is 1. The van der Waals surface area contributed by atoms with Crippen molar-refractivity contribution in [3.8, 4) is 0 Å². The molecule has 0 aliphatic rings. The Morgan fingerprint density at radius 2 is 2.31 bits per heavy atom. The molecule has 0 fully saturated rings. The number of carbonyl (C=O) groups excluding carboxylic acids is 1. The third-order valence-electron chi connectivity index (χ3n) is 2.30. The molecule has 0 aromatic carbocycles. The van der Waals surface area contributed by atoms with Crippen LogP contribution in [-0.4, -0.2) is 22.5 Å². The van der Waals surface area contributed by atoms with E-state index in [4.69, 9.17) is 4.74 Å². The van der Waals surface area contributed by atoms with Crippen LogP contribution in [-0.2, 0) is 4.74 Å². The van der Waals surface area contributed by atoms with Gasteiger partial charge in [-0.25, -0.2) is 4.79 Å². The molecule has 0 N–H and O–H groups in total. The van der Waals surface area contributed by atoms with Gasteiger partial charge < -0.3 is 4.74 Å². The maximum atomic E-state index is 11.6. The summed E-state index contributed by atoms with van der Waals surface area (Å²) in [4.78, 5) is 20.0. The van der Waals surface area contributed by atoms with Crippen LogP contribution in [0, 0.1) is 6.92 Å². The molecule has 82 valence electrons. The molecule has 4 nitrogen and oxygen atoms in total. The molecule has 0 atom stereocenters. The first-order chi connectivity index (χ1) is 7.72. The van der Waals surface area contributed by atoms with Gasteiger partial charge in [0.1, 0.15) is 0 Å². The van der Waals surface area contributed by atoms with Crippen molar-refractivity contribution in [1.82, 2.24) is 9.97 Å². The highest BCUT2D eigenvalue weighted by Crippen LogP contribution is 2.15. The SMILES string of the molecule is CCOC(=O)c1cc2cnccc2nc1C. The number of esters is 1. The van der Waals surface area contributed by atoms with Gasteiger partial charge in [0, 0.05) is 17.8 Å². The Morgan fingerprint density at radius 1 is 1.50 bits per heavy atom. The Bertz CT molecular complexity index is 538. The van der Waals surface area contributed by atoms with Crippen LogP contribution >= 0.6 is 0 Å². The molecule has 0 aliphatic carbocycles. The Hall–Kier alpha value is -1.97. The second kappa shape index (κ2) is 4.26. The minimum absolute atomic E-state index is 0.335. The number of aromatic nitrogens is 2. The van der Waals surface area contributed by atoms with Gasteiger partial charge in [0.15, 0.2) is 0 Å². The number of nitrogens with zero attached hydrogens (tertiary/aromatic N) is 2. The number of pyridine rings is 2. The molecule has 0 amide bonds. The van der Waals surface area contributed by atoms with Gasteiger partial charge in [-0.3, -0.25) is 9.97 Å². The minimum atomic E-state index is -0.335. The average Bonchev–Trinajstić information content (AvgIpc) is 2.28. The molecule has 2 aromatic heterocycles. The third-order valence-corrected chi connectivity index (χ3v) is 2.30. The fraction of sp³-hybridized carbons (Fsp3) is 0.250. The fourth-order valence-electron chi connectivity index (χ4n) is 1.53. The number of rotatable bonds is 2. The Balaban J connectivity index is 2.54. The number of hydrogen-bond acceptors (Lipinski definition) is 4. The van der Waals surface area contributed by atoms with Gasteiger partial charge in [0.25, 0.3) is 0 Å². The van der Waals surface area contributed by atoms with Crippen LogP contribution in [0.5, 0.6) is 0 Å². The summed E-state index contributed by atoms with van der Waals surface area (Å²) < 4.78 is 4.96. The van der Waals surface area contributed by atoms with Crippen molar-refractivity contribution in [2.24, 2.45) is 0 Å². The first kappa shape index (κ1) is 10.5. The lowest BCUT2D eigenvalue weighted by Crippen LogP contribution is -2.07. The number of aryl methyl sites for hydroxylation is 1. The Kier molecular flexibility index (Phi) is 2.81. The van der Waals surface area contributed by atoms with Crippen molar-refractivity contribution in [2.45, 2.75) is 13.8 Å². The van der Waals surface area contributed by atoms with E-state index in [-0.39, 0.29) is 5.97 Å². The number of fused-ring (bicyclic) bond motifs is 1. The van der Waals surface area contributed by atoms with Crippen molar-refractivity contribution in [3.63, 3.8) is 0 Å². The maximum absolute atomic E-state index is 11.6. The molecule has 16 heavy (non-hydrogen) atoms. The smallest absolute Gasteiger partial charge is 0.339 e. The molecular formula is C12H12N2O2. The highest BCUT2D eigenvalue weighted by Gasteiger charge is 2.12. The van der Waals surface area contributed by atoms with E-state index in [1.165, 1.54) is 0 Å². The lowest BCUT2D eigenvalue weighted by Gasteiger charge is -2.06. The summed E-state index contributed by atoms with van der Waals surface area (Å²) in [7, 11) is 0. The first-order valence-corrected chi connectivity index (χ1v) is 5.11. The van der Waals surface area contributed by atoms with Gasteiger partial charge in [-0.2, -0.15) is 0 Å². The maximum Gasteiger partial charge on any atom is 0.339 e. The topological polar surface area (TPSA) is 52.1 Å². The van der Waals surface area contributed by atoms with Gasteiger partial charge in [-0.1, -0.05) is 0 Å². The van der Waals surface area contributed by atoms with Crippen LogP contribution in [0.25, 0.3) is 10.9 Å². The second-order valence-electron chi connectivity index (χ2n) is 3.41. The molecule has 0 radical (unpaired) electrons. The van der Waals surface area contributed by atoms with Crippen LogP contribution < -0.4 is 0 Å².